The molecule has 0 aromatic heterocycles. The van der Waals surface area contributed by atoms with Gasteiger partial charge in [0.15, 0.2) is 0 Å². The molecule has 4 heteroatoms. The fourth-order valence-corrected chi connectivity index (χ4v) is 2.66. The molecule has 100 valence electrons. The van der Waals surface area contributed by atoms with Gasteiger partial charge in [-0.2, -0.15) is 0 Å². The summed E-state index contributed by atoms with van der Waals surface area (Å²) in [5, 5.41) is 12.6. The molecule has 4 nitrogen and oxygen atoms in total. The third-order valence-corrected chi connectivity index (χ3v) is 3.71. The van der Waals surface area contributed by atoms with Crippen molar-refractivity contribution in [3.8, 4) is 0 Å². The molecule has 1 rings (SSSR count). The Kier molecular flexibility index (Phi) is 6.52. The molecule has 0 aromatic rings. The van der Waals surface area contributed by atoms with Crippen LogP contribution in [0.1, 0.15) is 51.9 Å². The van der Waals surface area contributed by atoms with E-state index in [0.717, 1.165) is 18.8 Å². The van der Waals surface area contributed by atoms with Crippen LogP contribution in [0.2, 0.25) is 0 Å². The lowest BCUT2D eigenvalue weighted by atomic mass is 9.95. The minimum absolute atomic E-state index is 0.290. The zero-order chi connectivity index (χ0) is 12.7. The topological polar surface area (TPSA) is 75.3 Å². The maximum atomic E-state index is 10.7. The van der Waals surface area contributed by atoms with E-state index in [0.29, 0.717) is 12.6 Å². The molecule has 1 amide bonds. The quantitative estimate of drug-likeness (QED) is 0.612. The molecular weight excluding hydrogens is 216 g/mol. The summed E-state index contributed by atoms with van der Waals surface area (Å²) in [5.74, 6) is 0.225. The summed E-state index contributed by atoms with van der Waals surface area (Å²) in [7, 11) is 0. The number of carbonyl (C=O) groups excluding carboxylic acids is 1. The molecule has 17 heavy (non-hydrogen) atoms. The van der Waals surface area contributed by atoms with Gasteiger partial charge in [-0.15, -0.1) is 0 Å². The number of hydrogen-bond donors (Lipinski definition) is 3. The molecule has 0 saturated heterocycles. The summed E-state index contributed by atoms with van der Waals surface area (Å²) in [5.41, 5.74) is 5.02. The smallest absolute Gasteiger partial charge is 0.247 e. The summed E-state index contributed by atoms with van der Waals surface area (Å²) in [6.45, 7) is 2.53. The first kappa shape index (κ1) is 14.5. The number of amides is 1. The van der Waals surface area contributed by atoms with Gasteiger partial charge in [0, 0.05) is 12.6 Å². The molecule has 3 atom stereocenters. The first-order valence-electron chi connectivity index (χ1n) is 6.84. The zero-order valence-corrected chi connectivity index (χ0v) is 10.8. The standard InChI is InChI=1S/C13H26N2O2/c1-2-4-10-5-3-6-11(8-7-10)15-9-12(16)13(14)17/h10-12,15-16H,2-9H2,1H3,(H2,14,17). The monoisotopic (exact) mass is 242 g/mol. The zero-order valence-electron chi connectivity index (χ0n) is 10.8. The van der Waals surface area contributed by atoms with Gasteiger partial charge in [-0.1, -0.05) is 32.6 Å². The van der Waals surface area contributed by atoms with E-state index in [1.807, 2.05) is 0 Å². The van der Waals surface area contributed by atoms with Gasteiger partial charge in [0.05, 0.1) is 0 Å². The predicted octanol–water partition coefficient (Wildman–Crippen LogP) is 1.17. The van der Waals surface area contributed by atoms with E-state index in [9.17, 15) is 9.90 Å². The highest BCUT2D eigenvalue weighted by atomic mass is 16.3. The van der Waals surface area contributed by atoms with Crippen LogP contribution in [0.25, 0.3) is 0 Å². The lowest BCUT2D eigenvalue weighted by Crippen LogP contribution is -2.41. The normalized spacial score (nSPS) is 27.4. The van der Waals surface area contributed by atoms with Gasteiger partial charge >= 0.3 is 0 Å². The highest BCUT2D eigenvalue weighted by Crippen LogP contribution is 2.26. The van der Waals surface area contributed by atoms with Crippen LogP contribution in [-0.2, 0) is 4.79 Å². The van der Waals surface area contributed by atoms with Crippen molar-refractivity contribution in [3.63, 3.8) is 0 Å². The Labute approximate surface area is 104 Å². The number of rotatable bonds is 6. The molecular formula is C13H26N2O2. The summed E-state index contributed by atoms with van der Waals surface area (Å²) in [6, 6.07) is 0.436. The molecule has 1 aliphatic rings. The largest absolute Gasteiger partial charge is 0.382 e. The summed E-state index contributed by atoms with van der Waals surface area (Å²) >= 11 is 0. The summed E-state index contributed by atoms with van der Waals surface area (Å²) in [4.78, 5) is 10.7. The Morgan fingerprint density at radius 1 is 1.41 bits per heavy atom. The van der Waals surface area contributed by atoms with E-state index in [2.05, 4.69) is 12.2 Å². The molecule has 1 aliphatic carbocycles. The van der Waals surface area contributed by atoms with Crippen molar-refractivity contribution in [1.29, 1.82) is 0 Å². The van der Waals surface area contributed by atoms with E-state index >= 15 is 0 Å². The minimum Gasteiger partial charge on any atom is -0.382 e. The second-order valence-electron chi connectivity index (χ2n) is 5.19. The van der Waals surface area contributed by atoms with Gasteiger partial charge in [0.1, 0.15) is 6.10 Å². The van der Waals surface area contributed by atoms with Crippen LogP contribution in [-0.4, -0.2) is 29.7 Å². The van der Waals surface area contributed by atoms with Gasteiger partial charge in [0.25, 0.3) is 0 Å². The molecule has 0 aromatic carbocycles. The van der Waals surface area contributed by atoms with E-state index in [-0.39, 0.29) is 0 Å². The van der Waals surface area contributed by atoms with Crippen molar-refractivity contribution in [2.24, 2.45) is 11.7 Å². The number of carbonyl (C=O) groups is 1. The van der Waals surface area contributed by atoms with E-state index in [4.69, 9.17) is 5.73 Å². The number of nitrogens with one attached hydrogen (secondary N) is 1. The second-order valence-corrected chi connectivity index (χ2v) is 5.19. The molecule has 1 fully saturated rings. The number of nitrogens with two attached hydrogens (primary N) is 1. The molecule has 0 radical (unpaired) electrons. The molecule has 3 unspecified atom stereocenters. The third kappa shape index (κ3) is 5.50. The fourth-order valence-electron chi connectivity index (χ4n) is 2.66. The van der Waals surface area contributed by atoms with Crippen LogP contribution in [0.15, 0.2) is 0 Å². The SMILES string of the molecule is CCCC1CCCC(NCC(O)C(N)=O)CC1. The highest BCUT2D eigenvalue weighted by molar-refractivity contribution is 5.78. The van der Waals surface area contributed by atoms with Crippen molar-refractivity contribution in [2.45, 2.75) is 64.0 Å². The maximum absolute atomic E-state index is 10.7. The lowest BCUT2D eigenvalue weighted by molar-refractivity contribution is -0.125. The molecule has 1 saturated carbocycles. The fraction of sp³-hybridized carbons (Fsp3) is 0.923. The van der Waals surface area contributed by atoms with Crippen LogP contribution in [0, 0.1) is 5.92 Å². The molecule has 0 aliphatic heterocycles. The molecule has 4 N–H and O–H groups in total. The number of aliphatic hydroxyl groups is 1. The van der Waals surface area contributed by atoms with Gasteiger partial charge < -0.3 is 16.2 Å². The summed E-state index contributed by atoms with van der Waals surface area (Å²) in [6.07, 6.45) is 7.67. The second kappa shape index (κ2) is 7.67. The van der Waals surface area contributed by atoms with E-state index < -0.39 is 12.0 Å². The highest BCUT2D eigenvalue weighted by Gasteiger charge is 2.19. The van der Waals surface area contributed by atoms with Crippen LogP contribution >= 0.6 is 0 Å². The van der Waals surface area contributed by atoms with Crippen molar-refractivity contribution < 1.29 is 9.90 Å². The van der Waals surface area contributed by atoms with Crippen LogP contribution in [0.5, 0.6) is 0 Å². The van der Waals surface area contributed by atoms with E-state index in [1.54, 1.807) is 0 Å². The Hall–Kier alpha value is -0.610. The van der Waals surface area contributed by atoms with Crippen molar-refractivity contribution >= 4 is 5.91 Å². The lowest BCUT2D eigenvalue weighted by Gasteiger charge is -2.18. The van der Waals surface area contributed by atoms with Crippen molar-refractivity contribution in [1.82, 2.24) is 5.32 Å². The Morgan fingerprint density at radius 3 is 2.82 bits per heavy atom. The summed E-state index contributed by atoms with van der Waals surface area (Å²) < 4.78 is 0. The van der Waals surface area contributed by atoms with Crippen molar-refractivity contribution in [3.05, 3.63) is 0 Å². The van der Waals surface area contributed by atoms with Crippen LogP contribution < -0.4 is 11.1 Å². The Bertz CT molecular complexity index is 233. The Balaban J connectivity index is 2.24. The average molecular weight is 242 g/mol. The van der Waals surface area contributed by atoms with Gasteiger partial charge in [-0.05, 0) is 25.2 Å². The predicted molar refractivity (Wildman–Crippen MR) is 68.5 cm³/mol. The van der Waals surface area contributed by atoms with Gasteiger partial charge in [0.2, 0.25) is 5.91 Å². The maximum Gasteiger partial charge on any atom is 0.247 e. The number of hydrogen-bond acceptors (Lipinski definition) is 3. The molecule has 0 heterocycles. The average Bonchev–Trinajstić information content (AvgIpc) is 2.52. The van der Waals surface area contributed by atoms with Gasteiger partial charge in [-0.25, -0.2) is 0 Å². The number of primary amides is 1. The molecule has 0 bridgehead atoms. The number of aliphatic hydroxyl groups excluding tert-OH is 1. The minimum atomic E-state index is -1.05. The first-order chi connectivity index (χ1) is 8.13. The third-order valence-electron chi connectivity index (χ3n) is 3.71. The van der Waals surface area contributed by atoms with Crippen molar-refractivity contribution in [2.75, 3.05) is 6.54 Å². The molecule has 0 spiro atoms. The van der Waals surface area contributed by atoms with Crippen LogP contribution in [0.3, 0.4) is 0 Å². The first-order valence-corrected chi connectivity index (χ1v) is 6.84. The van der Waals surface area contributed by atoms with E-state index in [1.165, 1.54) is 32.1 Å². The Morgan fingerprint density at radius 2 is 2.18 bits per heavy atom. The van der Waals surface area contributed by atoms with Crippen LogP contribution in [0.4, 0.5) is 0 Å². The van der Waals surface area contributed by atoms with Gasteiger partial charge in [-0.3, -0.25) is 4.79 Å².